The number of nitrogens with zero attached hydrogens (tertiary/aromatic N) is 1. The van der Waals surface area contributed by atoms with Crippen LogP contribution in [0.25, 0.3) is 10.2 Å². The average Bonchev–Trinajstić information content (AvgIpc) is 3.02. The van der Waals surface area contributed by atoms with Crippen molar-refractivity contribution in [2.45, 2.75) is 24.9 Å². The first-order valence-electron chi connectivity index (χ1n) is 7.98. The van der Waals surface area contributed by atoms with E-state index in [9.17, 15) is 4.79 Å². The Labute approximate surface area is 155 Å². The van der Waals surface area contributed by atoms with Gasteiger partial charge >= 0.3 is 0 Å². The number of anilines is 1. The van der Waals surface area contributed by atoms with Crippen LogP contribution in [-0.2, 0) is 10.5 Å². The maximum atomic E-state index is 12.5. The molecule has 0 aliphatic carbocycles. The van der Waals surface area contributed by atoms with Crippen LogP contribution < -0.4 is 10.1 Å². The van der Waals surface area contributed by atoms with Gasteiger partial charge in [0.2, 0.25) is 5.91 Å². The van der Waals surface area contributed by atoms with Crippen molar-refractivity contribution in [3.05, 3.63) is 53.0 Å². The Morgan fingerprint density at radius 3 is 2.88 bits per heavy atom. The number of hydrogen-bond donors (Lipinski definition) is 1. The van der Waals surface area contributed by atoms with E-state index in [0.717, 1.165) is 21.8 Å². The number of hydrogen-bond acceptors (Lipinski definition) is 5. The molecule has 0 aliphatic heterocycles. The summed E-state index contributed by atoms with van der Waals surface area (Å²) in [5.41, 5.74) is 2.80. The molecule has 0 aliphatic rings. The zero-order valence-electron chi connectivity index (χ0n) is 14.4. The van der Waals surface area contributed by atoms with Crippen molar-refractivity contribution in [2.24, 2.45) is 0 Å². The van der Waals surface area contributed by atoms with Crippen LogP contribution in [0.2, 0.25) is 0 Å². The number of thiazole rings is 1. The van der Waals surface area contributed by atoms with Gasteiger partial charge in [-0.1, -0.05) is 18.2 Å². The first-order valence-corrected chi connectivity index (χ1v) is 9.85. The summed E-state index contributed by atoms with van der Waals surface area (Å²) < 4.78 is 6.49. The van der Waals surface area contributed by atoms with Crippen LogP contribution in [0.15, 0.2) is 42.5 Å². The molecule has 1 heterocycles. The molecule has 1 unspecified atom stereocenters. The fourth-order valence-electron chi connectivity index (χ4n) is 2.41. The number of carbonyl (C=O) groups is 1. The van der Waals surface area contributed by atoms with Crippen LogP contribution in [0.3, 0.4) is 0 Å². The first kappa shape index (κ1) is 17.8. The predicted octanol–water partition coefficient (Wildman–Crippen LogP) is 4.87. The lowest BCUT2D eigenvalue weighted by molar-refractivity contribution is -0.115. The Morgan fingerprint density at radius 2 is 2.12 bits per heavy atom. The molecular formula is C19H20N2O2S2. The van der Waals surface area contributed by atoms with E-state index >= 15 is 0 Å². The van der Waals surface area contributed by atoms with Crippen molar-refractivity contribution in [3.8, 4) is 5.75 Å². The smallest absolute Gasteiger partial charge is 0.237 e. The lowest BCUT2D eigenvalue weighted by atomic mass is 10.2. The molecule has 0 bridgehead atoms. The molecule has 130 valence electrons. The largest absolute Gasteiger partial charge is 0.495 e. The molecule has 3 rings (SSSR count). The standard InChI is InChI=1S/C19H20N2O2S2/c1-12-8-9-16(23-3)15(10-12)21-19(22)13(2)24-11-18-20-14-6-4-5-7-17(14)25-18/h4-10,13H,11H2,1-3H3,(H,21,22). The molecule has 0 fully saturated rings. The number of benzene rings is 2. The summed E-state index contributed by atoms with van der Waals surface area (Å²) in [7, 11) is 1.60. The van der Waals surface area contributed by atoms with E-state index in [2.05, 4.69) is 16.4 Å². The van der Waals surface area contributed by atoms with Crippen molar-refractivity contribution in [1.29, 1.82) is 0 Å². The Balaban J connectivity index is 1.62. The molecule has 25 heavy (non-hydrogen) atoms. The average molecular weight is 373 g/mol. The van der Waals surface area contributed by atoms with Gasteiger partial charge in [-0.15, -0.1) is 23.1 Å². The second-order valence-corrected chi connectivity index (χ2v) is 8.17. The van der Waals surface area contributed by atoms with Gasteiger partial charge in [-0.2, -0.15) is 0 Å². The number of rotatable bonds is 6. The van der Waals surface area contributed by atoms with Crippen LogP contribution in [0.4, 0.5) is 5.69 Å². The molecule has 1 aromatic heterocycles. The van der Waals surface area contributed by atoms with Gasteiger partial charge in [0.15, 0.2) is 0 Å². The third kappa shape index (κ3) is 4.32. The van der Waals surface area contributed by atoms with Gasteiger partial charge in [-0.05, 0) is 43.7 Å². The highest BCUT2D eigenvalue weighted by atomic mass is 32.2. The number of thioether (sulfide) groups is 1. The summed E-state index contributed by atoms with van der Waals surface area (Å²) in [5, 5.41) is 3.82. The van der Waals surface area contributed by atoms with Gasteiger partial charge in [0.25, 0.3) is 0 Å². The maximum Gasteiger partial charge on any atom is 0.237 e. The minimum atomic E-state index is -0.183. The molecule has 6 heteroatoms. The number of amides is 1. The summed E-state index contributed by atoms with van der Waals surface area (Å²) in [6.07, 6.45) is 0. The van der Waals surface area contributed by atoms with E-state index in [-0.39, 0.29) is 11.2 Å². The van der Waals surface area contributed by atoms with Crippen LogP contribution in [-0.4, -0.2) is 23.3 Å². The van der Waals surface area contributed by atoms with Gasteiger partial charge in [0.1, 0.15) is 10.8 Å². The molecule has 0 radical (unpaired) electrons. The lowest BCUT2D eigenvalue weighted by Crippen LogP contribution is -2.23. The quantitative estimate of drug-likeness (QED) is 0.670. The third-order valence-corrected chi connectivity index (χ3v) is 6.15. The van der Waals surface area contributed by atoms with E-state index in [1.54, 1.807) is 30.2 Å². The van der Waals surface area contributed by atoms with Crippen molar-refractivity contribution < 1.29 is 9.53 Å². The van der Waals surface area contributed by atoms with E-state index < -0.39 is 0 Å². The van der Waals surface area contributed by atoms with Crippen molar-refractivity contribution in [1.82, 2.24) is 4.98 Å². The van der Waals surface area contributed by atoms with Crippen molar-refractivity contribution in [2.75, 3.05) is 12.4 Å². The molecule has 0 saturated heterocycles. The van der Waals surface area contributed by atoms with Crippen LogP contribution in [0, 0.1) is 6.92 Å². The minimum Gasteiger partial charge on any atom is -0.495 e. The molecule has 4 nitrogen and oxygen atoms in total. The number of aromatic nitrogens is 1. The second kappa shape index (κ2) is 7.89. The van der Waals surface area contributed by atoms with Gasteiger partial charge in [-0.25, -0.2) is 4.98 Å². The summed E-state index contributed by atoms with van der Waals surface area (Å²) >= 11 is 3.26. The van der Waals surface area contributed by atoms with E-state index in [4.69, 9.17) is 4.74 Å². The topological polar surface area (TPSA) is 51.2 Å². The lowest BCUT2D eigenvalue weighted by Gasteiger charge is -2.14. The summed E-state index contributed by atoms with van der Waals surface area (Å²) in [6.45, 7) is 3.90. The molecular weight excluding hydrogens is 352 g/mol. The first-order chi connectivity index (χ1) is 12.1. The Morgan fingerprint density at radius 1 is 1.32 bits per heavy atom. The normalized spacial score (nSPS) is 12.1. The van der Waals surface area contributed by atoms with Crippen molar-refractivity contribution >= 4 is 44.9 Å². The number of para-hydroxylation sites is 1. The summed E-state index contributed by atoms with van der Waals surface area (Å²) in [4.78, 5) is 17.1. The van der Waals surface area contributed by atoms with Crippen LogP contribution in [0.1, 0.15) is 17.5 Å². The third-order valence-electron chi connectivity index (χ3n) is 3.78. The monoisotopic (exact) mass is 372 g/mol. The molecule has 2 aromatic carbocycles. The highest BCUT2D eigenvalue weighted by Crippen LogP contribution is 2.29. The van der Waals surface area contributed by atoms with Crippen LogP contribution >= 0.6 is 23.1 Å². The highest BCUT2D eigenvalue weighted by Gasteiger charge is 2.16. The van der Waals surface area contributed by atoms with E-state index in [1.807, 2.05) is 50.2 Å². The Bertz CT molecular complexity index is 859. The van der Waals surface area contributed by atoms with E-state index in [0.29, 0.717) is 11.4 Å². The number of ether oxygens (including phenoxy) is 1. The van der Waals surface area contributed by atoms with E-state index in [1.165, 1.54) is 4.70 Å². The van der Waals surface area contributed by atoms with Gasteiger partial charge in [-0.3, -0.25) is 4.79 Å². The summed E-state index contributed by atoms with van der Waals surface area (Å²) in [6, 6.07) is 13.8. The number of carbonyl (C=O) groups excluding carboxylic acids is 1. The van der Waals surface area contributed by atoms with Gasteiger partial charge in [0, 0.05) is 5.75 Å². The van der Waals surface area contributed by atoms with Crippen molar-refractivity contribution in [3.63, 3.8) is 0 Å². The van der Waals surface area contributed by atoms with Gasteiger partial charge in [0.05, 0.1) is 28.3 Å². The maximum absolute atomic E-state index is 12.5. The number of nitrogens with one attached hydrogen (secondary N) is 1. The minimum absolute atomic E-state index is 0.0324. The molecule has 3 aromatic rings. The number of methoxy groups -OCH3 is 1. The molecule has 1 amide bonds. The number of aryl methyl sites for hydroxylation is 1. The molecule has 0 spiro atoms. The fourth-order valence-corrected chi connectivity index (χ4v) is 4.28. The second-order valence-electron chi connectivity index (χ2n) is 5.72. The Hall–Kier alpha value is -2.05. The molecule has 0 saturated carbocycles. The molecule has 1 atom stereocenters. The Kier molecular flexibility index (Phi) is 5.60. The van der Waals surface area contributed by atoms with Gasteiger partial charge < -0.3 is 10.1 Å². The fraction of sp³-hybridized carbons (Fsp3) is 0.263. The zero-order valence-corrected chi connectivity index (χ0v) is 16.0. The number of fused-ring (bicyclic) bond motifs is 1. The molecule has 1 N–H and O–H groups in total. The van der Waals surface area contributed by atoms with Crippen LogP contribution in [0.5, 0.6) is 5.75 Å². The zero-order chi connectivity index (χ0) is 17.8. The SMILES string of the molecule is COc1ccc(C)cc1NC(=O)C(C)SCc1nc2ccccc2s1. The highest BCUT2D eigenvalue weighted by molar-refractivity contribution is 7.99. The summed E-state index contributed by atoms with van der Waals surface area (Å²) in [5.74, 6) is 1.36. The predicted molar refractivity (Wildman–Crippen MR) is 107 cm³/mol.